The number of nitrogens with two attached hydrogens (primary N) is 1. The first-order valence-corrected chi connectivity index (χ1v) is 11.0. The molecule has 178 valence electrons. The molecule has 9 heteroatoms. The number of benzene rings is 2. The van der Waals surface area contributed by atoms with Crippen molar-refractivity contribution in [1.82, 2.24) is 10.0 Å². The fraction of sp³-hybridized carbons (Fsp3) is 0.320. The van der Waals surface area contributed by atoms with Crippen molar-refractivity contribution in [2.75, 3.05) is 7.11 Å². The quantitative estimate of drug-likeness (QED) is 0.199. The molecule has 0 radical (unpaired) electrons. The highest BCUT2D eigenvalue weighted by Crippen LogP contribution is 2.28. The highest BCUT2D eigenvalue weighted by atomic mass is 16.5. The van der Waals surface area contributed by atoms with E-state index in [2.05, 4.69) is 5.10 Å². The highest BCUT2D eigenvalue weighted by molar-refractivity contribution is 6.05. The molecule has 2 aromatic rings. The average Bonchev–Trinajstić information content (AvgIpc) is 3.10. The van der Waals surface area contributed by atoms with Crippen molar-refractivity contribution >= 4 is 29.9 Å². The SMILES string of the molecule is COC(=O)C(CCc1ccccc1)N(C(C)=O)N1C(=O)CC(Cc2ccc(C=NN)cc2)C1=O. The van der Waals surface area contributed by atoms with E-state index >= 15 is 0 Å². The van der Waals surface area contributed by atoms with Crippen molar-refractivity contribution in [2.24, 2.45) is 16.9 Å². The first-order chi connectivity index (χ1) is 16.3. The van der Waals surface area contributed by atoms with E-state index < -0.39 is 35.7 Å². The van der Waals surface area contributed by atoms with Crippen LogP contribution in [0.5, 0.6) is 0 Å². The van der Waals surface area contributed by atoms with Gasteiger partial charge in [-0.05, 0) is 36.0 Å². The third kappa shape index (κ3) is 5.67. The lowest BCUT2D eigenvalue weighted by Crippen LogP contribution is -2.57. The Labute approximate surface area is 198 Å². The third-order valence-corrected chi connectivity index (χ3v) is 5.76. The first kappa shape index (κ1) is 24.6. The second-order valence-corrected chi connectivity index (χ2v) is 8.10. The van der Waals surface area contributed by atoms with E-state index in [1.54, 1.807) is 0 Å². The molecule has 2 atom stereocenters. The van der Waals surface area contributed by atoms with E-state index in [9.17, 15) is 19.2 Å². The lowest BCUT2D eigenvalue weighted by molar-refractivity contribution is -0.179. The van der Waals surface area contributed by atoms with E-state index in [0.29, 0.717) is 12.8 Å². The Morgan fingerprint density at radius 2 is 1.82 bits per heavy atom. The Kier molecular flexibility index (Phi) is 8.13. The van der Waals surface area contributed by atoms with Gasteiger partial charge in [-0.2, -0.15) is 10.1 Å². The lowest BCUT2D eigenvalue weighted by atomic mass is 9.97. The summed E-state index contributed by atoms with van der Waals surface area (Å²) in [5.74, 6) is 2.21. The van der Waals surface area contributed by atoms with Gasteiger partial charge in [0.1, 0.15) is 0 Å². The number of hydrogen-bond donors (Lipinski definition) is 1. The normalized spacial score (nSPS) is 16.6. The maximum absolute atomic E-state index is 13.2. The Balaban J connectivity index is 1.80. The smallest absolute Gasteiger partial charge is 0.330 e. The van der Waals surface area contributed by atoms with Crippen molar-refractivity contribution in [3.63, 3.8) is 0 Å². The zero-order valence-electron chi connectivity index (χ0n) is 19.2. The maximum atomic E-state index is 13.2. The van der Waals surface area contributed by atoms with Crippen molar-refractivity contribution in [3.8, 4) is 0 Å². The predicted octanol–water partition coefficient (Wildman–Crippen LogP) is 1.83. The van der Waals surface area contributed by atoms with Crippen LogP contribution in [0, 0.1) is 5.92 Å². The number of imide groups is 1. The Morgan fingerprint density at radius 3 is 2.41 bits per heavy atom. The van der Waals surface area contributed by atoms with Gasteiger partial charge < -0.3 is 10.6 Å². The topological polar surface area (TPSA) is 122 Å². The zero-order valence-corrected chi connectivity index (χ0v) is 19.2. The van der Waals surface area contributed by atoms with Gasteiger partial charge in [-0.15, -0.1) is 0 Å². The summed E-state index contributed by atoms with van der Waals surface area (Å²) in [6, 6.07) is 15.6. The standard InChI is InChI=1S/C25H28N4O5/c1-17(30)28(22(25(33)34-2)13-12-18-6-4-3-5-7-18)29-23(31)15-21(24(29)32)14-19-8-10-20(11-9-19)16-27-26/h3-11,16,21-22H,12-15,26H2,1-2H3. The monoisotopic (exact) mass is 464 g/mol. The second kappa shape index (κ2) is 11.2. The number of esters is 1. The summed E-state index contributed by atoms with van der Waals surface area (Å²) in [6.07, 6.45) is 2.43. The molecule has 0 aromatic heterocycles. The van der Waals surface area contributed by atoms with Crippen LogP contribution in [0.25, 0.3) is 0 Å². The Bertz CT molecular complexity index is 1070. The van der Waals surface area contributed by atoms with Gasteiger partial charge in [-0.1, -0.05) is 54.6 Å². The number of hydrazone groups is 1. The Morgan fingerprint density at radius 1 is 1.15 bits per heavy atom. The first-order valence-electron chi connectivity index (χ1n) is 11.0. The number of carbonyl (C=O) groups excluding carboxylic acids is 4. The summed E-state index contributed by atoms with van der Waals surface area (Å²) in [4.78, 5) is 51.4. The average molecular weight is 465 g/mol. The van der Waals surface area contributed by atoms with Gasteiger partial charge in [0.25, 0.3) is 5.91 Å². The number of rotatable bonds is 9. The summed E-state index contributed by atoms with van der Waals surface area (Å²) in [5, 5.41) is 5.26. The number of amides is 3. The van der Waals surface area contributed by atoms with Crippen LogP contribution in [0.1, 0.15) is 36.5 Å². The van der Waals surface area contributed by atoms with E-state index in [-0.39, 0.29) is 12.8 Å². The van der Waals surface area contributed by atoms with Crippen LogP contribution in [0.15, 0.2) is 59.7 Å². The summed E-state index contributed by atoms with van der Waals surface area (Å²) < 4.78 is 4.91. The number of hydrazine groups is 1. The van der Waals surface area contributed by atoms with Gasteiger partial charge >= 0.3 is 5.97 Å². The zero-order chi connectivity index (χ0) is 24.7. The van der Waals surface area contributed by atoms with E-state index in [0.717, 1.165) is 26.7 Å². The summed E-state index contributed by atoms with van der Waals surface area (Å²) in [6.45, 7) is 1.23. The van der Waals surface area contributed by atoms with E-state index in [1.807, 2.05) is 54.6 Å². The molecule has 0 saturated carbocycles. The number of nitrogens with zero attached hydrogens (tertiary/aromatic N) is 3. The molecule has 2 aromatic carbocycles. The molecule has 1 fully saturated rings. The van der Waals surface area contributed by atoms with Crippen LogP contribution in [-0.2, 0) is 36.8 Å². The predicted molar refractivity (Wildman–Crippen MR) is 125 cm³/mol. The minimum atomic E-state index is -1.11. The summed E-state index contributed by atoms with van der Waals surface area (Å²) in [5.41, 5.74) is 2.62. The molecule has 34 heavy (non-hydrogen) atoms. The molecule has 3 rings (SSSR count). The summed E-state index contributed by atoms with van der Waals surface area (Å²) >= 11 is 0. The molecule has 1 aliphatic rings. The molecule has 2 unspecified atom stereocenters. The number of hydrogen-bond acceptors (Lipinski definition) is 7. The van der Waals surface area contributed by atoms with Crippen LogP contribution >= 0.6 is 0 Å². The molecular weight excluding hydrogens is 436 g/mol. The van der Waals surface area contributed by atoms with Crippen LogP contribution in [-0.4, -0.2) is 53.1 Å². The third-order valence-electron chi connectivity index (χ3n) is 5.76. The molecule has 1 heterocycles. The van der Waals surface area contributed by atoms with Gasteiger partial charge in [-0.25, -0.2) is 9.80 Å². The molecule has 3 amide bonds. The van der Waals surface area contributed by atoms with E-state index in [1.165, 1.54) is 20.2 Å². The van der Waals surface area contributed by atoms with Crippen LogP contribution in [0.2, 0.25) is 0 Å². The minimum Gasteiger partial charge on any atom is -0.467 e. The molecule has 0 spiro atoms. The number of ether oxygens (including phenoxy) is 1. The second-order valence-electron chi connectivity index (χ2n) is 8.10. The van der Waals surface area contributed by atoms with Gasteiger partial charge in [-0.3, -0.25) is 14.4 Å². The van der Waals surface area contributed by atoms with Crippen LogP contribution < -0.4 is 5.84 Å². The van der Waals surface area contributed by atoms with Gasteiger partial charge in [0.05, 0.1) is 19.2 Å². The van der Waals surface area contributed by atoms with E-state index in [4.69, 9.17) is 10.6 Å². The molecular formula is C25H28N4O5. The van der Waals surface area contributed by atoms with Gasteiger partial charge in [0.15, 0.2) is 6.04 Å². The number of aryl methyl sites for hydroxylation is 1. The van der Waals surface area contributed by atoms with Crippen LogP contribution in [0.4, 0.5) is 0 Å². The largest absolute Gasteiger partial charge is 0.467 e. The van der Waals surface area contributed by atoms with Gasteiger partial charge in [0.2, 0.25) is 11.8 Å². The summed E-state index contributed by atoms with van der Waals surface area (Å²) in [7, 11) is 1.21. The van der Waals surface area contributed by atoms with Crippen molar-refractivity contribution in [1.29, 1.82) is 0 Å². The van der Waals surface area contributed by atoms with Crippen LogP contribution in [0.3, 0.4) is 0 Å². The molecule has 9 nitrogen and oxygen atoms in total. The molecule has 1 aliphatic heterocycles. The molecule has 0 aliphatic carbocycles. The molecule has 1 saturated heterocycles. The molecule has 0 bridgehead atoms. The van der Waals surface area contributed by atoms with Crippen molar-refractivity contribution in [3.05, 3.63) is 71.3 Å². The minimum absolute atomic E-state index is 0.0544. The fourth-order valence-electron chi connectivity index (χ4n) is 4.10. The molecule has 2 N–H and O–H groups in total. The Hall–Kier alpha value is -4.01. The maximum Gasteiger partial charge on any atom is 0.330 e. The fourth-order valence-corrected chi connectivity index (χ4v) is 4.10. The van der Waals surface area contributed by atoms with Gasteiger partial charge in [0, 0.05) is 13.3 Å². The van der Waals surface area contributed by atoms with Crippen molar-refractivity contribution < 1.29 is 23.9 Å². The lowest BCUT2D eigenvalue weighted by Gasteiger charge is -2.34. The number of methoxy groups -OCH3 is 1. The highest BCUT2D eigenvalue weighted by Gasteiger charge is 2.46. The number of carbonyl (C=O) groups is 4. The van der Waals surface area contributed by atoms with Crippen molar-refractivity contribution in [2.45, 2.75) is 38.6 Å².